The summed E-state index contributed by atoms with van der Waals surface area (Å²) in [6.45, 7) is 0.526. The van der Waals surface area contributed by atoms with E-state index in [1.165, 1.54) is 13.2 Å². The van der Waals surface area contributed by atoms with E-state index < -0.39 is 48.2 Å². The van der Waals surface area contributed by atoms with E-state index in [9.17, 15) is 18.3 Å². The van der Waals surface area contributed by atoms with Gasteiger partial charge in [0.15, 0.2) is 0 Å². The molecule has 1 N–H and O–H groups in total. The second-order valence-electron chi connectivity index (χ2n) is 6.24. The van der Waals surface area contributed by atoms with E-state index in [1.54, 1.807) is 6.92 Å². The van der Waals surface area contributed by atoms with Crippen LogP contribution in [-0.2, 0) is 18.9 Å². The van der Waals surface area contributed by atoms with Gasteiger partial charge in [0.25, 0.3) is 0 Å². The largest absolute Gasteiger partial charge is 0.411 e. The highest BCUT2D eigenvalue weighted by atomic mass is 19.4. The van der Waals surface area contributed by atoms with Crippen molar-refractivity contribution in [2.45, 2.75) is 49.0 Å². The Kier molecular flexibility index (Phi) is 3.63. The van der Waals surface area contributed by atoms with Crippen LogP contribution in [0.15, 0.2) is 12.1 Å². The van der Waals surface area contributed by atoms with Crippen molar-refractivity contribution in [2.75, 3.05) is 26.9 Å². The van der Waals surface area contributed by atoms with Crippen LogP contribution in [0, 0.1) is 5.92 Å². The molecule has 0 bridgehead atoms. The molecule has 3 aliphatic rings. The summed E-state index contributed by atoms with van der Waals surface area (Å²) in [6.07, 6.45) is -6.46. The molecule has 132 valence electrons. The smallest absolute Gasteiger partial charge is 0.386 e. The average molecular weight is 340 g/mol. The van der Waals surface area contributed by atoms with E-state index in [0.717, 1.165) is 0 Å². The minimum atomic E-state index is -4.38. The highest BCUT2D eigenvalue weighted by Gasteiger charge is 2.70. The number of epoxide rings is 2. The maximum absolute atomic E-state index is 12.1. The summed E-state index contributed by atoms with van der Waals surface area (Å²) >= 11 is 0. The van der Waals surface area contributed by atoms with Gasteiger partial charge in [0.1, 0.15) is 17.8 Å². The maximum Gasteiger partial charge on any atom is 0.411 e. The fourth-order valence-corrected chi connectivity index (χ4v) is 3.36. The third-order valence-electron chi connectivity index (χ3n) is 4.58. The molecule has 0 radical (unpaired) electrons. The Morgan fingerprint density at radius 1 is 1.52 bits per heavy atom. The van der Waals surface area contributed by atoms with Gasteiger partial charge in [0.05, 0.1) is 33.6 Å². The van der Waals surface area contributed by atoms with Crippen LogP contribution in [0.1, 0.15) is 16.1 Å². The lowest BCUT2D eigenvalue weighted by Crippen LogP contribution is -2.52. The lowest BCUT2D eigenvalue weighted by atomic mass is 9.71. The molecule has 0 aromatic carbocycles. The van der Waals surface area contributed by atoms with Gasteiger partial charge in [0, 0.05) is 13.7 Å². The zero-order chi connectivity index (χ0) is 18.7. The van der Waals surface area contributed by atoms with E-state index in [1.807, 2.05) is 0 Å². The van der Waals surface area contributed by atoms with Crippen LogP contribution in [0.25, 0.3) is 0 Å². The summed E-state index contributed by atoms with van der Waals surface area (Å²) in [4.78, 5) is 0. The van der Waals surface area contributed by atoms with Crippen LogP contribution >= 0.6 is 0 Å². The molecule has 2 heterocycles. The molecule has 0 amide bonds. The lowest BCUT2D eigenvalue weighted by molar-refractivity contribution is -0.174. The highest BCUT2D eigenvalue weighted by molar-refractivity contribution is 5.28. The summed E-state index contributed by atoms with van der Waals surface area (Å²) in [7, 11) is 1.27. The molecular weight excluding hydrogens is 317 g/mol. The summed E-state index contributed by atoms with van der Waals surface area (Å²) in [6, 6.07) is -0.153. The molecule has 2 fully saturated rings. The third kappa shape index (κ3) is 3.28. The third-order valence-corrected chi connectivity index (χ3v) is 4.58. The molecule has 2 saturated heterocycles. The molecule has 2 aliphatic heterocycles. The fourth-order valence-electron chi connectivity index (χ4n) is 3.36. The van der Waals surface area contributed by atoms with Crippen LogP contribution in [0.2, 0.25) is 0 Å². The van der Waals surface area contributed by atoms with Crippen molar-refractivity contribution < 1.29 is 40.0 Å². The molecular formula is C15H21F3O5. The number of hydrogen-bond acceptors (Lipinski definition) is 5. The quantitative estimate of drug-likeness (QED) is 0.450. The zero-order valence-corrected chi connectivity index (χ0v) is 12.9. The summed E-state index contributed by atoms with van der Waals surface area (Å²) in [5.74, 6) is -0.728. The maximum atomic E-state index is 12.1. The van der Waals surface area contributed by atoms with Gasteiger partial charge in [-0.15, -0.1) is 0 Å². The van der Waals surface area contributed by atoms with Crippen LogP contribution in [0.4, 0.5) is 13.2 Å². The predicted molar refractivity (Wildman–Crippen MR) is 72.9 cm³/mol. The molecule has 5 nitrogen and oxygen atoms in total. The molecule has 0 aromatic heterocycles. The van der Waals surface area contributed by atoms with Gasteiger partial charge in [-0.2, -0.15) is 13.2 Å². The van der Waals surface area contributed by atoms with Gasteiger partial charge in [0.2, 0.25) is 0 Å². The van der Waals surface area contributed by atoms with Crippen molar-refractivity contribution in [1.29, 1.82) is 0 Å². The van der Waals surface area contributed by atoms with Crippen LogP contribution in [0.5, 0.6) is 0 Å². The van der Waals surface area contributed by atoms with Gasteiger partial charge >= 0.3 is 6.18 Å². The number of halogens is 3. The molecule has 8 heteroatoms. The Morgan fingerprint density at radius 3 is 2.78 bits per heavy atom. The van der Waals surface area contributed by atoms with E-state index >= 15 is 0 Å². The Bertz CT molecular complexity index is 568. The van der Waals surface area contributed by atoms with Gasteiger partial charge in [-0.05, 0) is 13.3 Å². The first kappa shape index (κ1) is 14.7. The molecule has 1 spiro atoms. The zero-order valence-electron chi connectivity index (χ0n) is 14.9. The topological polar surface area (TPSA) is 63.8 Å². The predicted octanol–water partition coefficient (Wildman–Crippen LogP) is 1.44. The van der Waals surface area contributed by atoms with Crippen LogP contribution in [-0.4, -0.2) is 67.7 Å². The Hall–Kier alpha value is -0.670. The molecule has 6 atom stereocenters. The molecule has 0 aromatic rings. The molecule has 3 rings (SSSR count). The van der Waals surface area contributed by atoms with Gasteiger partial charge in [-0.25, -0.2) is 0 Å². The first-order valence-electron chi connectivity index (χ1n) is 8.37. The minimum Gasteiger partial charge on any atom is -0.386 e. The van der Waals surface area contributed by atoms with Crippen molar-refractivity contribution in [3.63, 3.8) is 0 Å². The summed E-state index contributed by atoms with van der Waals surface area (Å²) < 4.78 is 73.8. The minimum absolute atomic E-state index is 0.138. The number of alkyl halides is 3. The van der Waals surface area contributed by atoms with Crippen molar-refractivity contribution in [1.82, 2.24) is 0 Å². The van der Waals surface area contributed by atoms with E-state index in [0.29, 0.717) is 0 Å². The number of aliphatic hydroxyl groups is 1. The molecule has 23 heavy (non-hydrogen) atoms. The van der Waals surface area contributed by atoms with Gasteiger partial charge in [-0.1, -0.05) is 12.1 Å². The Balaban J connectivity index is 1.70. The van der Waals surface area contributed by atoms with Crippen molar-refractivity contribution >= 4 is 0 Å². The lowest BCUT2D eigenvalue weighted by Gasteiger charge is -2.38. The number of ether oxygens (including phenoxy) is 4. The Labute approximate surface area is 135 Å². The monoisotopic (exact) mass is 340 g/mol. The van der Waals surface area contributed by atoms with Crippen molar-refractivity contribution in [3.8, 4) is 0 Å². The summed E-state index contributed by atoms with van der Waals surface area (Å²) in [5.41, 5.74) is -1.85. The van der Waals surface area contributed by atoms with E-state index in [4.69, 9.17) is 17.0 Å². The van der Waals surface area contributed by atoms with E-state index in [-0.39, 0.29) is 25.7 Å². The normalized spacial score (nSPS) is 50.3. The van der Waals surface area contributed by atoms with Gasteiger partial charge < -0.3 is 24.1 Å². The number of rotatable bonds is 6. The fraction of sp³-hybridized carbons (Fsp3) is 0.867. The van der Waals surface area contributed by atoms with Crippen LogP contribution in [0.3, 0.4) is 0 Å². The second kappa shape index (κ2) is 5.70. The first-order valence-corrected chi connectivity index (χ1v) is 7.37. The highest BCUT2D eigenvalue weighted by Crippen LogP contribution is 2.57. The van der Waals surface area contributed by atoms with Crippen molar-refractivity contribution in [3.05, 3.63) is 12.1 Å². The number of hydrogen-bond donors (Lipinski definition) is 1. The Morgan fingerprint density at radius 2 is 2.22 bits per heavy atom. The average Bonchev–Trinajstić information content (AvgIpc) is 3.40. The molecule has 1 aliphatic carbocycles. The molecule has 0 saturated carbocycles. The number of aliphatic hydroxyl groups excluding tert-OH is 1. The SMILES string of the molecule is [2H]C1=C[C@]2(CO2)[C@@H]([C@@]2(C)O[C@@H]2CCOCC(F)(F)F)[C@]([2H])(OC)[C@@H]1O. The molecule has 0 unspecified atom stereocenters. The standard InChI is InChI=1S/C15H21F3O5/c1-13(10(23-13)4-6-21-8-15(16,17)18)12-11(20-2)9(19)3-5-14(12)7-22-14/h3,5,9-12,19H,4,6-8H2,1-2H3/t9-,10-,11-,12-,13+,14+/m1/s1/i3D,11D. The first-order chi connectivity index (χ1) is 11.5. The van der Waals surface area contributed by atoms with Gasteiger partial charge in [-0.3, -0.25) is 0 Å². The van der Waals surface area contributed by atoms with Crippen LogP contribution < -0.4 is 0 Å². The number of methoxy groups -OCH3 is 1. The van der Waals surface area contributed by atoms with Crippen molar-refractivity contribution in [2.24, 2.45) is 5.92 Å². The van der Waals surface area contributed by atoms with E-state index in [2.05, 4.69) is 4.74 Å². The second-order valence-corrected chi connectivity index (χ2v) is 6.24. The summed E-state index contributed by atoms with van der Waals surface area (Å²) in [5, 5.41) is 10.3.